The monoisotopic (exact) mass is 553 g/mol. The Kier molecular flexibility index (Phi) is 7.88. The van der Waals surface area contributed by atoms with E-state index in [1.807, 2.05) is 32.0 Å². The summed E-state index contributed by atoms with van der Waals surface area (Å²) < 4.78 is 11.8. The molecule has 0 spiro atoms. The van der Waals surface area contributed by atoms with Crippen LogP contribution in [0.1, 0.15) is 44.2 Å². The average Bonchev–Trinajstić information content (AvgIpc) is 2.85. The summed E-state index contributed by atoms with van der Waals surface area (Å²) >= 11 is 0. The molecule has 1 aromatic carbocycles. The molecule has 0 saturated heterocycles. The zero-order chi connectivity index (χ0) is 29.7. The van der Waals surface area contributed by atoms with Crippen LogP contribution >= 0.6 is 0 Å². The molecule has 0 bridgehead atoms. The number of primary amides is 1. The van der Waals surface area contributed by atoms with Gasteiger partial charge < -0.3 is 30.3 Å². The Hall–Kier alpha value is -3.63. The topological polar surface area (TPSA) is 143 Å². The van der Waals surface area contributed by atoms with E-state index < -0.39 is 46.5 Å². The highest BCUT2D eigenvalue weighted by Crippen LogP contribution is 2.53. The molecule has 4 atom stereocenters. The molecule has 0 radical (unpaired) electrons. The lowest BCUT2D eigenvalue weighted by Crippen LogP contribution is -2.67. The van der Waals surface area contributed by atoms with Crippen molar-refractivity contribution >= 4 is 28.9 Å². The summed E-state index contributed by atoms with van der Waals surface area (Å²) in [5.41, 5.74) is 4.43. The number of unbranched alkanes of at least 4 members (excludes halogenated alkanes) is 1. The van der Waals surface area contributed by atoms with Crippen molar-refractivity contribution in [3.63, 3.8) is 0 Å². The van der Waals surface area contributed by atoms with Crippen molar-refractivity contribution in [2.75, 3.05) is 39.7 Å². The molecule has 3 aliphatic rings. The van der Waals surface area contributed by atoms with Crippen LogP contribution < -0.4 is 15.4 Å². The first-order valence-electron chi connectivity index (χ1n) is 13.5. The standard InChI is InChI=1S/C30H39N3O7/c1-8-9-12-39-20-11-10-19(32(4)5)17-13-16-14-18-24(33(6)7)26(40-15(2)3)23(29(31)37)28(36)30(18,38)27(35)21(16)25(34)22(17)20/h10-11,16,18,24,34,38H,2,8-9,12-14H2,1,3-7H3,(H2,31,37)/t16-,18-,24?,30-/m0/s1. The molecule has 0 aliphatic heterocycles. The van der Waals surface area contributed by atoms with Crippen molar-refractivity contribution in [3.8, 4) is 5.75 Å². The minimum absolute atomic E-state index is 0.0362. The molecule has 1 aromatic rings. The number of fused-ring (bicyclic) bond motifs is 3. The molecule has 0 aromatic heterocycles. The molecule has 1 fully saturated rings. The van der Waals surface area contributed by atoms with Crippen LogP contribution in [-0.4, -0.2) is 79.0 Å². The van der Waals surface area contributed by atoms with Gasteiger partial charge in [-0.15, -0.1) is 0 Å². The fourth-order valence-corrected chi connectivity index (χ4v) is 6.36. The van der Waals surface area contributed by atoms with E-state index in [0.29, 0.717) is 24.3 Å². The van der Waals surface area contributed by atoms with Gasteiger partial charge in [0, 0.05) is 31.3 Å². The van der Waals surface area contributed by atoms with E-state index >= 15 is 0 Å². The normalized spacial score (nSPS) is 25.9. The highest BCUT2D eigenvalue weighted by Gasteiger charge is 2.65. The lowest BCUT2D eigenvalue weighted by Gasteiger charge is -2.50. The van der Waals surface area contributed by atoms with Gasteiger partial charge in [0.2, 0.25) is 11.6 Å². The summed E-state index contributed by atoms with van der Waals surface area (Å²) in [5, 5.41) is 23.6. The number of benzene rings is 1. The van der Waals surface area contributed by atoms with Gasteiger partial charge in [0.05, 0.1) is 24.0 Å². The van der Waals surface area contributed by atoms with Gasteiger partial charge >= 0.3 is 0 Å². The van der Waals surface area contributed by atoms with Gasteiger partial charge in [0.1, 0.15) is 22.8 Å². The van der Waals surface area contributed by atoms with Crippen molar-refractivity contribution < 1.29 is 34.1 Å². The second-order valence-corrected chi connectivity index (χ2v) is 11.3. The number of carbonyl (C=O) groups excluding carboxylic acids is 3. The van der Waals surface area contributed by atoms with E-state index in [1.54, 1.807) is 32.0 Å². The van der Waals surface area contributed by atoms with Crippen molar-refractivity contribution in [2.45, 2.75) is 51.2 Å². The quantitative estimate of drug-likeness (QED) is 0.182. The number of nitrogens with two attached hydrogens (primary N) is 1. The Morgan fingerprint density at radius 1 is 1.20 bits per heavy atom. The summed E-state index contributed by atoms with van der Waals surface area (Å²) in [4.78, 5) is 44.2. The molecule has 216 valence electrons. The van der Waals surface area contributed by atoms with E-state index in [2.05, 4.69) is 6.58 Å². The van der Waals surface area contributed by atoms with Gasteiger partial charge in [0.25, 0.3) is 5.91 Å². The number of allylic oxidation sites excluding steroid dienone is 1. The number of aliphatic hydroxyl groups is 2. The first kappa shape index (κ1) is 29.4. The molecular formula is C30H39N3O7. The van der Waals surface area contributed by atoms with E-state index in [4.69, 9.17) is 15.2 Å². The predicted octanol–water partition coefficient (Wildman–Crippen LogP) is 2.50. The van der Waals surface area contributed by atoms with E-state index in [-0.39, 0.29) is 29.3 Å². The third-order valence-corrected chi connectivity index (χ3v) is 8.06. The summed E-state index contributed by atoms with van der Waals surface area (Å²) in [6, 6.07) is 2.84. The van der Waals surface area contributed by atoms with Crippen molar-refractivity contribution in [2.24, 2.45) is 17.6 Å². The van der Waals surface area contributed by atoms with Gasteiger partial charge in [0.15, 0.2) is 5.60 Å². The summed E-state index contributed by atoms with van der Waals surface area (Å²) in [7, 11) is 7.20. The molecule has 1 amide bonds. The number of ketones is 2. The number of anilines is 1. The lowest BCUT2D eigenvalue weighted by atomic mass is 9.57. The molecule has 10 nitrogen and oxygen atoms in total. The average molecular weight is 554 g/mol. The van der Waals surface area contributed by atoms with E-state index in [0.717, 1.165) is 24.1 Å². The molecule has 10 heteroatoms. The Morgan fingerprint density at radius 3 is 2.42 bits per heavy atom. The minimum atomic E-state index is -2.62. The SMILES string of the molecule is C=C(C)OC1=C(C(N)=O)C(=O)[C@@]2(O)C(=O)C3=C(O)c4c(OCCCC)ccc(N(C)C)c4C[C@H]3C[C@H]2C1N(C)C. The number of ether oxygens (including phenoxy) is 2. The third kappa shape index (κ3) is 4.49. The van der Waals surface area contributed by atoms with Crippen LogP contribution in [0.4, 0.5) is 5.69 Å². The Bertz CT molecular complexity index is 1340. The van der Waals surface area contributed by atoms with Crippen molar-refractivity contribution in [3.05, 3.63) is 52.5 Å². The van der Waals surface area contributed by atoms with Crippen molar-refractivity contribution in [1.29, 1.82) is 0 Å². The number of amides is 1. The molecule has 1 saturated carbocycles. The fraction of sp³-hybridized carbons (Fsp3) is 0.500. The number of carbonyl (C=O) groups is 3. The minimum Gasteiger partial charge on any atom is -0.507 e. The summed E-state index contributed by atoms with van der Waals surface area (Å²) in [6.07, 6.45) is 2.27. The zero-order valence-corrected chi connectivity index (χ0v) is 24.0. The smallest absolute Gasteiger partial charge is 0.255 e. The van der Waals surface area contributed by atoms with Gasteiger partial charge in [-0.05, 0) is 63.9 Å². The Morgan fingerprint density at radius 2 is 1.88 bits per heavy atom. The van der Waals surface area contributed by atoms with Crippen molar-refractivity contribution in [1.82, 2.24) is 4.90 Å². The van der Waals surface area contributed by atoms with Gasteiger partial charge in [-0.2, -0.15) is 0 Å². The number of hydrogen-bond acceptors (Lipinski definition) is 9. The number of rotatable bonds is 9. The van der Waals surface area contributed by atoms with Crippen LogP contribution in [0, 0.1) is 11.8 Å². The number of hydrogen-bond donors (Lipinski definition) is 3. The second kappa shape index (κ2) is 10.7. The maximum Gasteiger partial charge on any atom is 0.255 e. The number of likely N-dealkylation sites (N-methyl/N-ethyl adjacent to an activating group) is 1. The molecule has 0 heterocycles. The largest absolute Gasteiger partial charge is 0.507 e. The van der Waals surface area contributed by atoms with E-state index in [9.17, 15) is 24.6 Å². The summed E-state index contributed by atoms with van der Waals surface area (Å²) in [6.45, 7) is 7.77. The van der Waals surface area contributed by atoms with Gasteiger partial charge in [-0.3, -0.25) is 19.3 Å². The molecule has 4 rings (SSSR count). The fourth-order valence-electron chi connectivity index (χ4n) is 6.36. The first-order chi connectivity index (χ1) is 18.8. The molecule has 40 heavy (non-hydrogen) atoms. The summed E-state index contributed by atoms with van der Waals surface area (Å²) in [5.74, 6) is -4.38. The maximum atomic E-state index is 14.2. The maximum absolute atomic E-state index is 14.2. The zero-order valence-electron chi connectivity index (χ0n) is 24.0. The number of Topliss-reactive ketones (excluding diaryl/α,β-unsaturated/α-hetero) is 2. The van der Waals surface area contributed by atoms with Gasteiger partial charge in [-0.25, -0.2) is 0 Å². The third-order valence-electron chi connectivity index (χ3n) is 8.06. The van der Waals surface area contributed by atoms with Crippen LogP contribution in [-0.2, 0) is 25.5 Å². The number of aliphatic hydroxyl groups excluding tert-OH is 1. The highest BCUT2D eigenvalue weighted by atomic mass is 16.5. The van der Waals surface area contributed by atoms with Crippen LogP contribution in [0.15, 0.2) is 41.4 Å². The first-order valence-corrected chi connectivity index (χ1v) is 13.5. The molecule has 3 aliphatic carbocycles. The second-order valence-electron chi connectivity index (χ2n) is 11.3. The lowest BCUT2D eigenvalue weighted by molar-refractivity contribution is -0.162. The van der Waals surface area contributed by atoms with Crippen LogP contribution in [0.5, 0.6) is 5.75 Å². The Balaban J connectivity index is 1.95. The van der Waals surface area contributed by atoms with Gasteiger partial charge in [-0.1, -0.05) is 19.9 Å². The van der Waals surface area contributed by atoms with Crippen LogP contribution in [0.25, 0.3) is 5.76 Å². The highest BCUT2D eigenvalue weighted by molar-refractivity contribution is 6.33. The number of nitrogens with zero attached hydrogens (tertiary/aromatic N) is 2. The van der Waals surface area contributed by atoms with Crippen LogP contribution in [0.2, 0.25) is 0 Å². The predicted molar refractivity (Wildman–Crippen MR) is 151 cm³/mol. The molecule has 1 unspecified atom stereocenters. The Labute approximate surface area is 234 Å². The molecule has 4 N–H and O–H groups in total. The molecular weight excluding hydrogens is 514 g/mol. The van der Waals surface area contributed by atoms with E-state index in [1.165, 1.54) is 0 Å². The van der Waals surface area contributed by atoms with Crippen LogP contribution in [0.3, 0.4) is 0 Å².